The van der Waals surface area contributed by atoms with Gasteiger partial charge in [-0.2, -0.15) is 0 Å². The number of rotatable bonds is 3. The van der Waals surface area contributed by atoms with Crippen molar-refractivity contribution in [3.8, 4) is 0 Å². The minimum absolute atomic E-state index is 0.268. The molecule has 16 heavy (non-hydrogen) atoms. The van der Waals surface area contributed by atoms with Crippen LogP contribution < -0.4 is 5.73 Å². The molecule has 2 N–H and O–H groups in total. The molecule has 0 aliphatic heterocycles. The van der Waals surface area contributed by atoms with E-state index in [4.69, 9.17) is 5.73 Å². The van der Waals surface area contributed by atoms with Crippen molar-refractivity contribution in [2.75, 3.05) is 12.0 Å². The maximum Gasteiger partial charge on any atom is 0.194 e. The number of sulfone groups is 1. The van der Waals surface area contributed by atoms with Gasteiger partial charge in [-0.1, -0.05) is 28.1 Å². The highest BCUT2D eigenvalue weighted by Crippen LogP contribution is 2.29. The number of anilines is 1. The van der Waals surface area contributed by atoms with E-state index in [1.807, 2.05) is 0 Å². The molecular formula is C10H12BrNO3S. The molecule has 0 saturated heterocycles. The highest BCUT2D eigenvalue weighted by atomic mass is 79.9. The molecule has 0 aromatic heterocycles. The molecule has 6 heteroatoms. The van der Waals surface area contributed by atoms with Gasteiger partial charge in [-0.3, -0.25) is 4.79 Å². The monoisotopic (exact) mass is 305 g/mol. The summed E-state index contributed by atoms with van der Waals surface area (Å²) in [6, 6.07) is 6.22. The first-order valence-corrected chi connectivity index (χ1v) is 7.13. The summed E-state index contributed by atoms with van der Waals surface area (Å²) in [5.41, 5.74) is 6.22. The van der Waals surface area contributed by atoms with Gasteiger partial charge >= 0.3 is 0 Å². The van der Waals surface area contributed by atoms with Crippen LogP contribution in [0, 0.1) is 0 Å². The van der Waals surface area contributed by atoms with E-state index >= 15 is 0 Å². The van der Waals surface area contributed by atoms with Crippen LogP contribution in [0.5, 0.6) is 0 Å². The zero-order valence-electron chi connectivity index (χ0n) is 8.90. The lowest BCUT2D eigenvalue weighted by Gasteiger charge is -2.18. The normalized spacial score (nSPS) is 15.4. The third-order valence-corrected chi connectivity index (χ3v) is 5.95. The topological polar surface area (TPSA) is 77.2 Å². The summed E-state index contributed by atoms with van der Waals surface area (Å²) in [6.45, 7) is 1.31. The smallest absolute Gasteiger partial charge is 0.194 e. The Hall–Kier alpha value is -0.880. The quantitative estimate of drug-likeness (QED) is 0.523. The molecule has 1 aromatic rings. The van der Waals surface area contributed by atoms with E-state index in [-0.39, 0.29) is 5.56 Å². The number of nitrogens with two attached hydrogens (primary N) is 1. The Morgan fingerprint density at radius 3 is 2.44 bits per heavy atom. The number of nitrogen functional groups attached to an aromatic ring is 1. The average molecular weight is 306 g/mol. The molecule has 4 nitrogen and oxygen atoms in total. The number of carbonyl (C=O) groups is 1. The van der Waals surface area contributed by atoms with Crippen molar-refractivity contribution in [1.29, 1.82) is 0 Å². The van der Waals surface area contributed by atoms with Crippen molar-refractivity contribution in [3.05, 3.63) is 29.8 Å². The van der Waals surface area contributed by atoms with Gasteiger partial charge in [-0.15, -0.1) is 0 Å². The van der Waals surface area contributed by atoms with Crippen molar-refractivity contribution >= 4 is 37.2 Å². The van der Waals surface area contributed by atoms with Crippen LogP contribution in [0.4, 0.5) is 5.69 Å². The zero-order chi connectivity index (χ0) is 12.6. The average Bonchev–Trinajstić information content (AvgIpc) is 2.14. The SMILES string of the molecule is CC(Br)(C(=O)c1cccc(N)c1)S(C)(=O)=O. The van der Waals surface area contributed by atoms with Crippen LogP contribution in [-0.2, 0) is 9.84 Å². The van der Waals surface area contributed by atoms with Crippen molar-refractivity contribution in [2.45, 2.75) is 10.6 Å². The molecule has 1 rings (SSSR count). The first-order chi connectivity index (χ1) is 7.16. The number of benzene rings is 1. The summed E-state index contributed by atoms with van der Waals surface area (Å²) in [5, 5.41) is 0. The van der Waals surface area contributed by atoms with Gasteiger partial charge in [-0.05, 0) is 19.1 Å². The van der Waals surface area contributed by atoms with Gasteiger partial charge < -0.3 is 5.73 Å². The number of hydrogen-bond acceptors (Lipinski definition) is 4. The molecule has 0 saturated carbocycles. The fourth-order valence-electron chi connectivity index (χ4n) is 1.11. The second-order valence-electron chi connectivity index (χ2n) is 3.64. The van der Waals surface area contributed by atoms with E-state index < -0.39 is 19.3 Å². The van der Waals surface area contributed by atoms with Crippen molar-refractivity contribution in [3.63, 3.8) is 0 Å². The van der Waals surface area contributed by atoms with Gasteiger partial charge in [0, 0.05) is 17.5 Å². The molecule has 88 valence electrons. The predicted molar refractivity (Wildman–Crippen MR) is 67.4 cm³/mol. The molecule has 0 radical (unpaired) electrons. The number of halogens is 1. The lowest BCUT2D eigenvalue weighted by molar-refractivity contribution is 0.0983. The molecule has 1 aromatic carbocycles. The Morgan fingerprint density at radius 1 is 1.44 bits per heavy atom. The number of ketones is 1. The molecule has 0 aliphatic carbocycles. The lowest BCUT2D eigenvalue weighted by Crippen LogP contribution is -2.36. The van der Waals surface area contributed by atoms with Crippen LogP contribution in [0.1, 0.15) is 17.3 Å². The highest BCUT2D eigenvalue weighted by molar-refractivity contribution is 9.12. The molecule has 0 fully saturated rings. The van der Waals surface area contributed by atoms with Crippen LogP contribution >= 0.6 is 15.9 Å². The first-order valence-electron chi connectivity index (χ1n) is 4.45. The minimum Gasteiger partial charge on any atom is -0.399 e. The Balaban J connectivity index is 3.23. The van der Waals surface area contributed by atoms with Gasteiger partial charge in [-0.25, -0.2) is 8.42 Å². The number of Topliss-reactive ketones (excluding diaryl/α,β-unsaturated/α-hetero) is 1. The van der Waals surface area contributed by atoms with Crippen molar-refractivity contribution in [1.82, 2.24) is 0 Å². The van der Waals surface area contributed by atoms with Gasteiger partial charge in [0.1, 0.15) is 0 Å². The van der Waals surface area contributed by atoms with Crippen LogP contribution in [-0.4, -0.2) is 24.1 Å². The highest BCUT2D eigenvalue weighted by Gasteiger charge is 2.41. The minimum atomic E-state index is -3.54. The standard InChI is InChI=1S/C10H12BrNO3S/c1-10(11,16(2,14)15)9(13)7-4-3-5-8(12)6-7/h3-6H,12H2,1-2H3. The summed E-state index contributed by atoms with van der Waals surface area (Å²) in [4.78, 5) is 12.0. The summed E-state index contributed by atoms with van der Waals surface area (Å²) in [7, 11) is -3.54. The third-order valence-electron chi connectivity index (χ3n) is 2.25. The van der Waals surface area contributed by atoms with E-state index in [0.717, 1.165) is 6.26 Å². The molecule has 0 aliphatic rings. The van der Waals surface area contributed by atoms with Gasteiger partial charge in [0.05, 0.1) is 0 Å². The van der Waals surface area contributed by atoms with E-state index in [0.29, 0.717) is 5.69 Å². The summed E-state index contributed by atoms with van der Waals surface area (Å²) < 4.78 is 21.3. The Morgan fingerprint density at radius 2 is 2.00 bits per heavy atom. The van der Waals surface area contributed by atoms with Crippen molar-refractivity contribution < 1.29 is 13.2 Å². The lowest BCUT2D eigenvalue weighted by atomic mass is 10.1. The molecular weight excluding hydrogens is 294 g/mol. The van der Waals surface area contributed by atoms with Crippen LogP contribution in [0.25, 0.3) is 0 Å². The van der Waals surface area contributed by atoms with E-state index in [1.54, 1.807) is 12.1 Å². The van der Waals surface area contributed by atoms with Gasteiger partial charge in [0.15, 0.2) is 19.3 Å². The fourth-order valence-corrected chi connectivity index (χ4v) is 1.79. The number of alkyl halides is 1. The molecule has 1 atom stereocenters. The fraction of sp³-hybridized carbons (Fsp3) is 0.300. The summed E-state index contributed by atoms with van der Waals surface area (Å²) >= 11 is 2.95. The zero-order valence-corrected chi connectivity index (χ0v) is 11.3. The molecule has 0 heterocycles. The van der Waals surface area contributed by atoms with Crippen LogP contribution in [0.15, 0.2) is 24.3 Å². The first kappa shape index (κ1) is 13.2. The van der Waals surface area contributed by atoms with Crippen LogP contribution in [0.3, 0.4) is 0 Å². The predicted octanol–water partition coefficient (Wildman–Crippen LogP) is 1.61. The second-order valence-corrected chi connectivity index (χ2v) is 8.12. The Kier molecular flexibility index (Phi) is 3.44. The van der Waals surface area contributed by atoms with Gasteiger partial charge in [0.25, 0.3) is 0 Å². The summed E-state index contributed by atoms with van der Waals surface area (Å²) in [6.07, 6.45) is 1.01. The van der Waals surface area contributed by atoms with E-state index in [9.17, 15) is 13.2 Å². The maximum absolute atomic E-state index is 12.0. The number of hydrogen-bond donors (Lipinski definition) is 1. The van der Waals surface area contributed by atoms with Crippen molar-refractivity contribution in [2.24, 2.45) is 0 Å². The van der Waals surface area contributed by atoms with E-state index in [2.05, 4.69) is 15.9 Å². The van der Waals surface area contributed by atoms with Gasteiger partial charge in [0.2, 0.25) is 0 Å². The van der Waals surface area contributed by atoms with Crippen LogP contribution in [0.2, 0.25) is 0 Å². The molecule has 0 spiro atoms. The summed E-state index contributed by atoms with van der Waals surface area (Å²) in [5.74, 6) is -0.526. The molecule has 0 bridgehead atoms. The number of carbonyl (C=O) groups excluding carboxylic acids is 1. The van der Waals surface area contributed by atoms with E-state index in [1.165, 1.54) is 19.1 Å². The Labute approximate surface area is 103 Å². The molecule has 0 amide bonds. The Bertz CT molecular complexity index is 523. The largest absolute Gasteiger partial charge is 0.399 e. The second kappa shape index (κ2) is 4.18. The molecule has 1 unspecified atom stereocenters. The maximum atomic E-state index is 12.0. The third kappa shape index (κ3) is 2.44.